The fourth-order valence-corrected chi connectivity index (χ4v) is 8.19. The Morgan fingerprint density at radius 1 is 0.469 bits per heavy atom. The van der Waals surface area contributed by atoms with Gasteiger partial charge in [0, 0.05) is 6.42 Å². The van der Waals surface area contributed by atoms with Crippen molar-refractivity contribution in [3.8, 4) is 0 Å². The number of carbonyl (C=O) groups excluding carboxylic acids is 2. The highest BCUT2D eigenvalue weighted by Gasteiger charge is 2.24. The molecule has 372 valence electrons. The van der Waals surface area contributed by atoms with Crippen LogP contribution in [0.2, 0.25) is 0 Å². The van der Waals surface area contributed by atoms with Crippen molar-refractivity contribution in [3.63, 3.8) is 0 Å². The fourth-order valence-electron chi connectivity index (χ4n) is 8.19. The van der Waals surface area contributed by atoms with Crippen LogP contribution in [0.15, 0.2) is 60.8 Å². The number of unbranched alkanes of at least 4 members (excludes halogenated alkanes) is 27. The second-order valence-electron chi connectivity index (χ2n) is 18.6. The zero-order valence-corrected chi connectivity index (χ0v) is 42.4. The number of hydrogen-bond donors (Lipinski definition) is 3. The number of carbonyl (C=O) groups is 2. The number of ether oxygens (including phenoxy) is 1. The summed E-state index contributed by atoms with van der Waals surface area (Å²) >= 11 is 0. The standard InChI is InChI=1S/C58H105NO5/c1-4-7-10-13-16-19-22-25-27-28-29-30-31-33-36-39-42-45-48-51-58(63)64-54(49-46-43-40-37-34-32-26-23-20-17-14-11-8-5-2)52-57(62)59-55(53-60)56(61)50-47-44-41-38-35-24-21-18-15-12-9-6-3/h8,11,17,20,25-27,32,37,40,54-56,60-61H,4-7,9-10,12-16,18-19,21-24,28-31,33-36,38-39,41-53H2,1-3H3,(H,59,62)/b11-8+,20-17+,27-25+,32-26+,40-37+. The molecule has 0 heterocycles. The summed E-state index contributed by atoms with van der Waals surface area (Å²) in [5.41, 5.74) is 0. The molecule has 3 unspecified atom stereocenters. The van der Waals surface area contributed by atoms with Crippen LogP contribution in [0, 0.1) is 0 Å². The number of hydrogen-bond acceptors (Lipinski definition) is 5. The first-order chi connectivity index (χ1) is 31.5. The van der Waals surface area contributed by atoms with E-state index in [-0.39, 0.29) is 24.9 Å². The van der Waals surface area contributed by atoms with E-state index in [1.54, 1.807) is 0 Å². The predicted molar refractivity (Wildman–Crippen MR) is 278 cm³/mol. The van der Waals surface area contributed by atoms with Crippen molar-refractivity contribution in [1.82, 2.24) is 5.32 Å². The van der Waals surface area contributed by atoms with Crippen molar-refractivity contribution >= 4 is 11.9 Å². The molecule has 0 aliphatic carbocycles. The molecule has 0 saturated carbocycles. The topological polar surface area (TPSA) is 95.9 Å². The van der Waals surface area contributed by atoms with Crippen molar-refractivity contribution < 1.29 is 24.5 Å². The molecular weight excluding hydrogens is 791 g/mol. The molecule has 0 aromatic carbocycles. The van der Waals surface area contributed by atoms with Crippen LogP contribution >= 0.6 is 0 Å². The first-order valence-electron chi connectivity index (χ1n) is 27.5. The van der Waals surface area contributed by atoms with Gasteiger partial charge < -0.3 is 20.3 Å². The molecule has 6 nitrogen and oxygen atoms in total. The normalized spacial score (nSPS) is 13.6. The fraction of sp³-hybridized carbons (Fsp3) is 0.793. The molecule has 0 aromatic heterocycles. The van der Waals surface area contributed by atoms with Gasteiger partial charge in [-0.25, -0.2) is 0 Å². The highest BCUT2D eigenvalue weighted by molar-refractivity contribution is 5.77. The molecule has 3 N–H and O–H groups in total. The summed E-state index contributed by atoms with van der Waals surface area (Å²) in [6, 6.07) is -0.720. The van der Waals surface area contributed by atoms with Crippen LogP contribution in [-0.2, 0) is 14.3 Å². The second kappa shape index (κ2) is 51.5. The summed E-state index contributed by atoms with van der Waals surface area (Å²) in [4.78, 5) is 26.2. The molecule has 0 radical (unpaired) electrons. The maximum atomic E-state index is 13.2. The summed E-state index contributed by atoms with van der Waals surface area (Å²) in [6.07, 6.45) is 64.3. The van der Waals surface area contributed by atoms with Crippen molar-refractivity contribution in [2.45, 2.75) is 289 Å². The monoisotopic (exact) mass is 896 g/mol. The lowest BCUT2D eigenvalue weighted by Crippen LogP contribution is -2.46. The van der Waals surface area contributed by atoms with Crippen molar-refractivity contribution in [1.29, 1.82) is 0 Å². The Labute approximate surface area is 397 Å². The maximum absolute atomic E-state index is 13.2. The van der Waals surface area contributed by atoms with E-state index in [1.807, 2.05) is 0 Å². The van der Waals surface area contributed by atoms with Gasteiger partial charge in [-0.15, -0.1) is 0 Å². The molecule has 0 saturated heterocycles. The van der Waals surface area contributed by atoms with Crippen LogP contribution < -0.4 is 5.32 Å². The zero-order valence-electron chi connectivity index (χ0n) is 42.4. The Balaban J connectivity index is 4.59. The van der Waals surface area contributed by atoms with E-state index in [4.69, 9.17) is 4.74 Å². The van der Waals surface area contributed by atoms with Gasteiger partial charge in [-0.05, 0) is 83.5 Å². The summed E-state index contributed by atoms with van der Waals surface area (Å²) in [7, 11) is 0. The number of aliphatic hydroxyl groups is 2. The number of aliphatic hydroxyl groups excluding tert-OH is 2. The second-order valence-corrected chi connectivity index (χ2v) is 18.6. The van der Waals surface area contributed by atoms with E-state index in [9.17, 15) is 19.8 Å². The summed E-state index contributed by atoms with van der Waals surface area (Å²) in [6.45, 7) is 6.36. The molecule has 0 aromatic rings. The molecule has 1 amide bonds. The number of amides is 1. The summed E-state index contributed by atoms with van der Waals surface area (Å²) in [5.74, 6) is -0.526. The predicted octanol–water partition coefficient (Wildman–Crippen LogP) is 16.8. The molecule has 0 aliphatic rings. The van der Waals surface area contributed by atoms with E-state index in [0.717, 1.165) is 77.0 Å². The minimum atomic E-state index is -0.803. The van der Waals surface area contributed by atoms with Gasteiger partial charge in [0.05, 0.1) is 25.2 Å². The lowest BCUT2D eigenvalue weighted by Gasteiger charge is -2.24. The van der Waals surface area contributed by atoms with E-state index < -0.39 is 18.2 Å². The molecule has 0 bridgehead atoms. The Bertz CT molecular complexity index is 1140. The molecule has 0 rings (SSSR count). The van der Waals surface area contributed by atoms with Gasteiger partial charge in [0.25, 0.3) is 0 Å². The van der Waals surface area contributed by atoms with E-state index in [2.05, 4.69) is 86.8 Å². The lowest BCUT2D eigenvalue weighted by atomic mass is 10.0. The number of esters is 1. The van der Waals surface area contributed by atoms with Gasteiger partial charge in [-0.1, -0.05) is 236 Å². The van der Waals surface area contributed by atoms with Gasteiger partial charge >= 0.3 is 5.97 Å². The highest BCUT2D eigenvalue weighted by Crippen LogP contribution is 2.17. The average Bonchev–Trinajstić information content (AvgIpc) is 3.29. The van der Waals surface area contributed by atoms with Gasteiger partial charge in [-0.2, -0.15) is 0 Å². The Morgan fingerprint density at radius 3 is 1.33 bits per heavy atom. The molecule has 6 heteroatoms. The summed E-state index contributed by atoms with van der Waals surface area (Å²) in [5, 5.41) is 23.8. The van der Waals surface area contributed by atoms with Gasteiger partial charge in [0.2, 0.25) is 5.91 Å². The number of rotatable bonds is 49. The van der Waals surface area contributed by atoms with Gasteiger partial charge in [0.15, 0.2) is 0 Å². The lowest BCUT2D eigenvalue weighted by molar-refractivity contribution is -0.151. The highest BCUT2D eigenvalue weighted by atomic mass is 16.5. The first-order valence-corrected chi connectivity index (χ1v) is 27.5. The largest absolute Gasteiger partial charge is 0.462 e. The number of nitrogens with one attached hydrogen (secondary N) is 1. The molecule has 64 heavy (non-hydrogen) atoms. The smallest absolute Gasteiger partial charge is 0.306 e. The van der Waals surface area contributed by atoms with Crippen molar-refractivity contribution in [2.24, 2.45) is 0 Å². The SMILES string of the molecule is CC/C=C/C/C=C/C/C=C/C/C=C/CCCC(CC(=O)NC(CO)C(O)CCCCCCCCCCCCCC)OC(=O)CCCCCCCCCCC/C=C/CCCCCCCC. The Kier molecular flexibility index (Phi) is 49.6. The quantitative estimate of drug-likeness (QED) is 0.0321. The molecular formula is C58H105NO5. The number of allylic oxidation sites excluding steroid dienone is 10. The van der Waals surface area contributed by atoms with Gasteiger partial charge in [0.1, 0.15) is 6.10 Å². The first kappa shape index (κ1) is 61.6. The van der Waals surface area contributed by atoms with E-state index in [1.165, 1.54) is 148 Å². The summed E-state index contributed by atoms with van der Waals surface area (Å²) < 4.78 is 5.92. The molecule has 3 atom stereocenters. The Morgan fingerprint density at radius 2 is 0.859 bits per heavy atom. The average molecular weight is 896 g/mol. The third-order valence-electron chi connectivity index (χ3n) is 12.3. The minimum absolute atomic E-state index is 0.0389. The van der Waals surface area contributed by atoms with Crippen LogP contribution in [0.5, 0.6) is 0 Å². The third-order valence-corrected chi connectivity index (χ3v) is 12.3. The van der Waals surface area contributed by atoms with Crippen LogP contribution in [0.4, 0.5) is 0 Å². The van der Waals surface area contributed by atoms with Gasteiger partial charge in [-0.3, -0.25) is 9.59 Å². The van der Waals surface area contributed by atoms with Crippen LogP contribution in [-0.4, -0.2) is 46.9 Å². The van der Waals surface area contributed by atoms with E-state index >= 15 is 0 Å². The molecule has 0 spiro atoms. The van der Waals surface area contributed by atoms with Crippen LogP contribution in [0.1, 0.15) is 271 Å². The van der Waals surface area contributed by atoms with E-state index in [0.29, 0.717) is 19.3 Å². The van der Waals surface area contributed by atoms with Crippen molar-refractivity contribution in [2.75, 3.05) is 6.61 Å². The Hall–Kier alpha value is -2.44. The van der Waals surface area contributed by atoms with Crippen molar-refractivity contribution in [3.05, 3.63) is 60.8 Å². The molecule has 0 fully saturated rings. The van der Waals surface area contributed by atoms with Crippen LogP contribution in [0.25, 0.3) is 0 Å². The minimum Gasteiger partial charge on any atom is -0.462 e. The maximum Gasteiger partial charge on any atom is 0.306 e. The molecule has 0 aliphatic heterocycles. The zero-order chi connectivity index (χ0) is 46.7. The van der Waals surface area contributed by atoms with Crippen LogP contribution in [0.3, 0.4) is 0 Å². The third kappa shape index (κ3) is 46.1.